The van der Waals surface area contributed by atoms with Crippen molar-refractivity contribution in [2.24, 2.45) is 5.73 Å². The summed E-state index contributed by atoms with van der Waals surface area (Å²) in [6, 6.07) is 1.49. The number of hydrogen-bond acceptors (Lipinski definition) is 4. The fraction of sp³-hybridized carbons (Fsp3) is 0.615. The Labute approximate surface area is 111 Å². The molecule has 2 aromatic rings. The van der Waals surface area contributed by atoms with Crippen molar-refractivity contribution in [3.8, 4) is 0 Å². The van der Waals surface area contributed by atoms with Crippen LogP contribution in [0.4, 0.5) is 0 Å². The predicted molar refractivity (Wildman–Crippen MR) is 71.9 cm³/mol. The first-order valence-electron chi connectivity index (χ1n) is 6.84. The monoisotopic (exact) mass is 261 g/mol. The van der Waals surface area contributed by atoms with Gasteiger partial charge in [0.2, 0.25) is 0 Å². The third-order valence-electron chi connectivity index (χ3n) is 3.93. The summed E-state index contributed by atoms with van der Waals surface area (Å²) in [5.41, 5.74) is 6.58. The molecular weight excluding hydrogens is 242 g/mol. The van der Waals surface area contributed by atoms with Crippen molar-refractivity contribution in [3.63, 3.8) is 0 Å². The molecule has 3 rings (SSSR count). The highest BCUT2D eigenvalue weighted by Gasteiger charge is 2.32. The fourth-order valence-electron chi connectivity index (χ4n) is 2.81. The summed E-state index contributed by atoms with van der Waals surface area (Å²) in [6.07, 6.45) is 6.46. The highest BCUT2D eigenvalue weighted by Crippen LogP contribution is 2.31. The van der Waals surface area contributed by atoms with Gasteiger partial charge in [-0.1, -0.05) is 25.7 Å². The van der Waals surface area contributed by atoms with E-state index >= 15 is 0 Å². The molecule has 6 nitrogen and oxygen atoms in total. The lowest BCUT2D eigenvalue weighted by molar-refractivity contribution is 0.363. The summed E-state index contributed by atoms with van der Waals surface area (Å²) in [4.78, 5) is 20.6. The van der Waals surface area contributed by atoms with Crippen LogP contribution in [-0.4, -0.2) is 19.6 Å². The van der Waals surface area contributed by atoms with E-state index in [1.54, 1.807) is 6.92 Å². The Balaban J connectivity index is 2.09. The molecule has 6 heteroatoms. The third-order valence-corrected chi connectivity index (χ3v) is 3.93. The minimum absolute atomic E-state index is 0.140. The maximum absolute atomic E-state index is 11.9. The predicted octanol–water partition coefficient (Wildman–Crippen LogP) is 1.23. The van der Waals surface area contributed by atoms with Gasteiger partial charge in [0, 0.05) is 11.8 Å². The first-order chi connectivity index (χ1) is 9.08. The van der Waals surface area contributed by atoms with Gasteiger partial charge in [-0.3, -0.25) is 9.89 Å². The summed E-state index contributed by atoms with van der Waals surface area (Å²) >= 11 is 0. The van der Waals surface area contributed by atoms with E-state index in [-0.39, 0.29) is 5.56 Å². The molecule has 1 fully saturated rings. The summed E-state index contributed by atoms with van der Waals surface area (Å²) in [5, 5.41) is 3.03. The third kappa shape index (κ3) is 2.16. The zero-order chi connectivity index (χ0) is 13.5. The SMILES string of the molecule is Cc1cc(=O)n2[nH]c(C3(N)CCCCCC3)nc2n1. The fourth-order valence-corrected chi connectivity index (χ4v) is 2.81. The van der Waals surface area contributed by atoms with E-state index < -0.39 is 5.54 Å². The molecule has 3 N–H and O–H groups in total. The normalized spacial score (nSPS) is 19.5. The van der Waals surface area contributed by atoms with Crippen molar-refractivity contribution in [2.45, 2.75) is 51.0 Å². The van der Waals surface area contributed by atoms with Gasteiger partial charge in [-0.2, -0.15) is 9.50 Å². The highest BCUT2D eigenvalue weighted by atomic mass is 16.1. The Hall–Kier alpha value is -1.69. The first-order valence-corrected chi connectivity index (χ1v) is 6.84. The average molecular weight is 261 g/mol. The van der Waals surface area contributed by atoms with E-state index in [1.807, 2.05) is 0 Å². The van der Waals surface area contributed by atoms with Crippen molar-refractivity contribution in [1.82, 2.24) is 19.6 Å². The number of nitrogens with two attached hydrogens (primary N) is 1. The molecular formula is C13H19N5O. The number of fused-ring (bicyclic) bond motifs is 1. The lowest BCUT2D eigenvalue weighted by Crippen LogP contribution is -2.37. The number of nitrogens with one attached hydrogen (secondary N) is 1. The number of aromatic amines is 1. The van der Waals surface area contributed by atoms with Crippen LogP contribution in [-0.2, 0) is 5.54 Å². The quantitative estimate of drug-likeness (QED) is 0.756. The molecule has 0 unspecified atom stereocenters. The van der Waals surface area contributed by atoms with Crippen LogP contribution in [0.5, 0.6) is 0 Å². The molecule has 1 saturated carbocycles. The Morgan fingerprint density at radius 2 is 1.95 bits per heavy atom. The van der Waals surface area contributed by atoms with Gasteiger partial charge in [0.25, 0.3) is 11.3 Å². The van der Waals surface area contributed by atoms with Gasteiger partial charge in [0.15, 0.2) is 0 Å². The molecule has 0 atom stereocenters. The van der Waals surface area contributed by atoms with Crippen molar-refractivity contribution in [1.29, 1.82) is 0 Å². The van der Waals surface area contributed by atoms with Gasteiger partial charge in [-0.25, -0.2) is 4.98 Å². The molecule has 1 aliphatic rings. The molecule has 0 spiro atoms. The topological polar surface area (TPSA) is 89.1 Å². The van der Waals surface area contributed by atoms with Crippen molar-refractivity contribution in [2.75, 3.05) is 0 Å². The standard InChI is InChI=1S/C13H19N5O/c1-9-8-10(19)18-12(15-9)16-11(17-18)13(14)6-4-2-3-5-7-13/h8H,2-7,14H2,1H3,(H,15,16,17). The lowest BCUT2D eigenvalue weighted by Gasteiger charge is -2.24. The van der Waals surface area contributed by atoms with Crippen LogP contribution in [0.15, 0.2) is 10.9 Å². The van der Waals surface area contributed by atoms with Crippen LogP contribution >= 0.6 is 0 Å². The van der Waals surface area contributed by atoms with E-state index in [1.165, 1.54) is 23.4 Å². The molecule has 0 aliphatic heterocycles. The van der Waals surface area contributed by atoms with E-state index in [4.69, 9.17) is 5.73 Å². The maximum atomic E-state index is 11.9. The van der Waals surface area contributed by atoms with Crippen molar-refractivity contribution >= 4 is 5.78 Å². The Kier molecular flexibility index (Phi) is 2.89. The number of aryl methyl sites for hydroxylation is 1. The molecule has 0 radical (unpaired) electrons. The summed E-state index contributed by atoms with van der Waals surface area (Å²) in [7, 11) is 0. The van der Waals surface area contributed by atoms with Crippen LogP contribution in [0, 0.1) is 6.92 Å². The van der Waals surface area contributed by atoms with Gasteiger partial charge in [0.1, 0.15) is 5.82 Å². The largest absolute Gasteiger partial charge is 0.319 e. The Morgan fingerprint density at radius 3 is 2.63 bits per heavy atom. The number of aromatic nitrogens is 4. The second kappa shape index (κ2) is 4.45. The van der Waals surface area contributed by atoms with Gasteiger partial charge >= 0.3 is 0 Å². The lowest BCUT2D eigenvalue weighted by atomic mass is 9.91. The smallest absolute Gasteiger partial charge is 0.274 e. The molecule has 2 heterocycles. The minimum atomic E-state index is -0.454. The average Bonchev–Trinajstić information content (AvgIpc) is 2.66. The van der Waals surface area contributed by atoms with Gasteiger partial charge in [-0.15, -0.1) is 0 Å². The van der Waals surface area contributed by atoms with Gasteiger partial charge in [0.05, 0.1) is 5.54 Å². The van der Waals surface area contributed by atoms with Gasteiger partial charge in [-0.05, 0) is 19.8 Å². The van der Waals surface area contributed by atoms with E-state index in [0.29, 0.717) is 17.3 Å². The zero-order valence-corrected chi connectivity index (χ0v) is 11.1. The van der Waals surface area contributed by atoms with E-state index in [9.17, 15) is 4.79 Å². The molecule has 19 heavy (non-hydrogen) atoms. The Bertz CT molecular complexity index is 649. The molecule has 0 amide bonds. The number of hydrogen-bond donors (Lipinski definition) is 2. The molecule has 102 valence electrons. The number of H-pyrrole nitrogens is 1. The van der Waals surface area contributed by atoms with Crippen LogP contribution in [0.1, 0.15) is 50.0 Å². The van der Waals surface area contributed by atoms with E-state index in [2.05, 4.69) is 15.1 Å². The first kappa shape index (κ1) is 12.3. The second-order valence-electron chi connectivity index (χ2n) is 5.51. The highest BCUT2D eigenvalue weighted by molar-refractivity contribution is 5.29. The second-order valence-corrected chi connectivity index (χ2v) is 5.51. The molecule has 0 aromatic carbocycles. The number of nitrogens with zero attached hydrogens (tertiary/aromatic N) is 3. The van der Waals surface area contributed by atoms with Crippen LogP contribution in [0.2, 0.25) is 0 Å². The van der Waals surface area contributed by atoms with Crippen LogP contribution in [0.3, 0.4) is 0 Å². The van der Waals surface area contributed by atoms with Gasteiger partial charge < -0.3 is 5.73 Å². The van der Waals surface area contributed by atoms with Crippen molar-refractivity contribution in [3.05, 3.63) is 27.9 Å². The molecule has 2 aromatic heterocycles. The Morgan fingerprint density at radius 1 is 1.26 bits per heavy atom. The molecule has 0 saturated heterocycles. The van der Waals surface area contributed by atoms with E-state index in [0.717, 1.165) is 25.7 Å². The van der Waals surface area contributed by atoms with Crippen LogP contribution < -0.4 is 11.3 Å². The molecule has 0 bridgehead atoms. The maximum Gasteiger partial charge on any atom is 0.274 e. The van der Waals surface area contributed by atoms with Crippen molar-refractivity contribution < 1.29 is 0 Å². The summed E-state index contributed by atoms with van der Waals surface area (Å²) in [6.45, 7) is 1.79. The number of rotatable bonds is 1. The van der Waals surface area contributed by atoms with Crippen LogP contribution in [0.25, 0.3) is 5.78 Å². The minimum Gasteiger partial charge on any atom is -0.319 e. The molecule has 1 aliphatic carbocycles. The zero-order valence-electron chi connectivity index (χ0n) is 11.1. The summed E-state index contributed by atoms with van der Waals surface area (Å²) in [5.74, 6) is 1.10. The summed E-state index contributed by atoms with van der Waals surface area (Å²) < 4.78 is 1.38.